The van der Waals surface area contributed by atoms with Crippen LogP contribution in [0, 0.1) is 6.92 Å². The summed E-state index contributed by atoms with van der Waals surface area (Å²) in [5.41, 5.74) is 1.44. The average molecular weight is 312 g/mol. The summed E-state index contributed by atoms with van der Waals surface area (Å²) >= 11 is 6.05. The summed E-state index contributed by atoms with van der Waals surface area (Å²) in [6.45, 7) is 7.53. The van der Waals surface area contributed by atoms with Gasteiger partial charge >= 0.3 is 6.09 Å². The van der Waals surface area contributed by atoms with Gasteiger partial charge in [0.05, 0.1) is 5.69 Å². The monoisotopic (exact) mass is 311 g/mol. The predicted molar refractivity (Wildman–Crippen MR) is 83.8 cm³/mol. The van der Waals surface area contributed by atoms with Crippen LogP contribution in [-0.2, 0) is 4.74 Å². The van der Waals surface area contributed by atoms with Gasteiger partial charge < -0.3 is 15.4 Å². The van der Waals surface area contributed by atoms with Crippen LogP contribution < -0.4 is 10.6 Å². The van der Waals surface area contributed by atoms with Gasteiger partial charge in [0.15, 0.2) is 5.15 Å². The molecule has 0 unspecified atom stereocenters. The zero-order valence-corrected chi connectivity index (χ0v) is 13.6. The number of amides is 1. The summed E-state index contributed by atoms with van der Waals surface area (Å²) in [7, 11) is 0. The molecule has 1 fully saturated rings. The van der Waals surface area contributed by atoms with E-state index in [4.69, 9.17) is 16.3 Å². The van der Waals surface area contributed by atoms with Gasteiger partial charge in [0, 0.05) is 18.3 Å². The molecule has 1 aliphatic rings. The van der Waals surface area contributed by atoms with Crippen LogP contribution in [0.1, 0.15) is 39.2 Å². The van der Waals surface area contributed by atoms with Crippen LogP contribution in [0.4, 0.5) is 10.5 Å². The normalized spacial score (nSPS) is 21.4. The van der Waals surface area contributed by atoms with Crippen molar-refractivity contribution < 1.29 is 9.53 Å². The predicted octanol–water partition coefficient (Wildman–Crippen LogP) is 3.51. The number of carbonyl (C=O) groups is 1. The van der Waals surface area contributed by atoms with Crippen LogP contribution in [0.15, 0.2) is 12.3 Å². The molecule has 1 aromatic heterocycles. The van der Waals surface area contributed by atoms with E-state index in [2.05, 4.69) is 15.6 Å². The molecule has 0 spiro atoms. The van der Waals surface area contributed by atoms with Gasteiger partial charge in [-0.05, 0) is 52.2 Å². The topological polar surface area (TPSA) is 63.2 Å². The summed E-state index contributed by atoms with van der Waals surface area (Å²) in [6, 6.07) is 2.42. The minimum atomic E-state index is -0.466. The van der Waals surface area contributed by atoms with E-state index in [1.54, 1.807) is 6.20 Å². The van der Waals surface area contributed by atoms with Gasteiger partial charge in [-0.3, -0.25) is 0 Å². The number of hydrogen-bond acceptors (Lipinski definition) is 4. The molecule has 2 rings (SSSR count). The molecule has 1 aromatic rings. The van der Waals surface area contributed by atoms with Gasteiger partial charge in [-0.2, -0.15) is 0 Å². The molecule has 1 saturated carbocycles. The van der Waals surface area contributed by atoms with Crippen molar-refractivity contribution >= 4 is 23.4 Å². The molecule has 0 bridgehead atoms. The van der Waals surface area contributed by atoms with Crippen molar-refractivity contribution in [3.63, 3.8) is 0 Å². The number of aryl methyl sites for hydroxylation is 1. The number of alkyl carbamates (subject to hydrolysis) is 1. The number of anilines is 1. The maximum absolute atomic E-state index is 11.6. The molecule has 1 amide bonds. The molecule has 0 atom stereocenters. The highest BCUT2D eigenvalue weighted by Crippen LogP contribution is 2.28. The SMILES string of the molecule is Cc1cnc(Cl)c(NC2CC(NC(=O)OC(C)(C)C)C2)c1. The number of nitrogens with one attached hydrogen (secondary N) is 2. The molecule has 0 aliphatic heterocycles. The first kappa shape index (κ1) is 15.9. The van der Waals surface area contributed by atoms with Crippen molar-refractivity contribution in [1.29, 1.82) is 0 Å². The fourth-order valence-corrected chi connectivity index (χ4v) is 2.36. The van der Waals surface area contributed by atoms with Crippen LogP contribution in [0.25, 0.3) is 0 Å². The Labute approximate surface area is 130 Å². The summed E-state index contributed by atoms with van der Waals surface area (Å²) in [6.07, 6.45) is 3.08. The van der Waals surface area contributed by atoms with Crippen molar-refractivity contribution in [2.75, 3.05) is 5.32 Å². The van der Waals surface area contributed by atoms with Crippen LogP contribution in [-0.4, -0.2) is 28.8 Å². The second kappa shape index (κ2) is 6.10. The van der Waals surface area contributed by atoms with E-state index < -0.39 is 5.60 Å². The molecular weight excluding hydrogens is 290 g/mol. The number of halogens is 1. The lowest BCUT2D eigenvalue weighted by molar-refractivity contribution is 0.0475. The van der Waals surface area contributed by atoms with E-state index in [1.165, 1.54) is 0 Å². The zero-order chi connectivity index (χ0) is 15.6. The number of hydrogen-bond donors (Lipinski definition) is 2. The fourth-order valence-electron chi connectivity index (χ4n) is 2.20. The van der Waals surface area contributed by atoms with Crippen molar-refractivity contribution in [3.05, 3.63) is 23.0 Å². The third-order valence-corrected chi connectivity index (χ3v) is 3.50. The van der Waals surface area contributed by atoms with Crippen LogP contribution >= 0.6 is 11.6 Å². The van der Waals surface area contributed by atoms with E-state index in [0.717, 1.165) is 24.1 Å². The third-order valence-electron chi connectivity index (χ3n) is 3.19. The van der Waals surface area contributed by atoms with Crippen molar-refractivity contribution in [1.82, 2.24) is 10.3 Å². The number of pyridine rings is 1. The van der Waals surface area contributed by atoms with E-state index in [1.807, 2.05) is 33.8 Å². The van der Waals surface area contributed by atoms with E-state index in [0.29, 0.717) is 11.2 Å². The van der Waals surface area contributed by atoms with Gasteiger partial charge in [0.25, 0.3) is 0 Å². The Morgan fingerprint density at radius 3 is 2.67 bits per heavy atom. The highest BCUT2D eigenvalue weighted by Gasteiger charge is 2.31. The number of rotatable bonds is 3. The van der Waals surface area contributed by atoms with E-state index >= 15 is 0 Å². The Morgan fingerprint density at radius 2 is 2.05 bits per heavy atom. The fraction of sp³-hybridized carbons (Fsp3) is 0.600. The first-order chi connectivity index (χ1) is 9.73. The summed E-state index contributed by atoms with van der Waals surface area (Å²) in [5, 5.41) is 6.69. The first-order valence-electron chi connectivity index (χ1n) is 7.11. The molecule has 1 aliphatic carbocycles. The lowest BCUT2D eigenvalue weighted by Crippen LogP contribution is -2.50. The van der Waals surface area contributed by atoms with Gasteiger partial charge in [-0.1, -0.05) is 11.6 Å². The number of nitrogens with zero attached hydrogens (tertiary/aromatic N) is 1. The number of aromatic nitrogens is 1. The van der Waals surface area contributed by atoms with Gasteiger partial charge in [0.1, 0.15) is 5.60 Å². The molecule has 116 valence electrons. The molecule has 2 N–H and O–H groups in total. The molecule has 5 nitrogen and oxygen atoms in total. The third kappa shape index (κ3) is 4.77. The lowest BCUT2D eigenvalue weighted by Gasteiger charge is -2.37. The molecular formula is C15H22ClN3O2. The van der Waals surface area contributed by atoms with Crippen LogP contribution in [0.5, 0.6) is 0 Å². The maximum atomic E-state index is 11.6. The molecule has 0 aromatic carbocycles. The Morgan fingerprint density at radius 1 is 1.38 bits per heavy atom. The standard InChI is InChI=1S/C15H22ClN3O2/c1-9-5-12(13(16)17-8-9)18-10-6-11(7-10)19-14(20)21-15(2,3)4/h5,8,10-11,18H,6-7H2,1-4H3,(H,19,20). The lowest BCUT2D eigenvalue weighted by atomic mass is 9.86. The zero-order valence-electron chi connectivity index (χ0n) is 12.9. The number of ether oxygens (including phenoxy) is 1. The highest BCUT2D eigenvalue weighted by atomic mass is 35.5. The van der Waals surface area contributed by atoms with Crippen molar-refractivity contribution in [2.45, 2.75) is 58.2 Å². The molecule has 1 heterocycles. The molecule has 21 heavy (non-hydrogen) atoms. The first-order valence-corrected chi connectivity index (χ1v) is 7.49. The Balaban J connectivity index is 1.77. The quantitative estimate of drug-likeness (QED) is 0.838. The second-order valence-electron chi connectivity index (χ2n) is 6.51. The summed E-state index contributed by atoms with van der Waals surface area (Å²) in [4.78, 5) is 15.8. The van der Waals surface area contributed by atoms with Gasteiger partial charge in [0.2, 0.25) is 0 Å². The number of carbonyl (C=O) groups excluding carboxylic acids is 1. The largest absolute Gasteiger partial charge is 0.444 e. The maximum Gasteiger partial charge on any atom is 0.407 e. The van der Waals surface area contributed by atoms with Gasteiger partial charge in [-0.25, -0.2) is 9.78 Å². The smallest absolute Gasteiger partial charge is 0.407 e. The minimum absolute atomic E-state index is 0.147. The van der Waals surface area contributed by atoms with E-state index in [9.17, 15) is 4.79 Å². The summed E-state index contributed by atoms with van der Waals surface area (Å²) < 4.78 is 5.23. The van der Waals surface area contributed by atoms with Crippen molar-refractivity contribution in [3.8, 4) is 0 Å². The molecule has 0 radical (unpaired) electrons. The Bertz CT molecular complexity index is 522. The minimum Gasteiger partial charge on any atom is -0.444 e. The average Bonchev–Trinajstić information content (AvgIpc) is 2.28. The molecule has 6 heteroatoms. The highest BCUT2D eigenvalue weighted by molar-refractivity contribution is 6.32. The Kier molecular flexibility index (Phi) is 4.61. The van der Waals surface area contributed by atoms with Crippen LogP contribution in [0.3, 0.4) is 0 Å². The Hall–Kier alpha value is -1.49. The van der Waals surface area contributed by atoms with Gasteiger partial charge in [-0.15, -0.1) is 0 Å². The molecule has 0 saturated heterocycles. The van der Waals surface area contributed by atoms with Crippen molar-refractivity contribution in [2.24, 2.45) is 0 Å². The summed E-state index contributed by atoms with van der Waals surface area (Å²) in [5.74, 6) is 0. The van der Waals surface area contributed by atoms with E-state index in [-0.39, 0.29) is 12.1 Å². The second-order valence-corrected chi connectivity index (χ2v) is 6.86. The van der Waals surface area contributed by atoms with Crippen LogP contribution in [0.2, 0.25) is 5.15 Å².